The number of hydrogen-bond acceptors (Lipinski definition) is 4. The van der Waals surface area contributed by atoms with Gasteiger partial charge in [-0.2, -0.15) is 0 Å². The van der Waals surface area contributed by atoms with Gasteiger partial charge >= 0.3 is 5.69 Å². The van der Waals surface area contributed by atoms with E-state index in [-0.39, 0.29) is 36.4 Å². The number of nitrogens with zero attached hydrogens (tertiary/aromatic N) is 2. The molecule has 0 spiro atoms. The Hall–Kier alpha value is -3.68. The van der Waals surface area contributed by atoms with E-state index in [1.54, 1.807) is 28.8 Å². The number of nitrogens with one attached hydrogen (secondary N) is 2. The third-order valence-electron chi connectivity index (χ3n) is 5.00. The van der Waals surface area contributed by atoms with E-state index in [0.717, 1.165) is 11.0 Å². The lowest BCUT2D eigenvalue weighted by molar-refractivity contribution is -0.121. The number of hydrogen-bond donors (Lipinski definition) is 2. The molecule has 2 aromatic carbocycles. The van der Waals surface area contributed by atoms with Gasteiger partial charge in [0.05, 0.1) is 22.2 Å². The van der Waals surface area contributed by atoms with Crippen LogP contribution in [0.2, 0.25) is 0 Å². The lowest BCUT2D eigenvalue weighted by Gasteiger charge is -2.13. The van der Waals surface area contributed by atoms with Crippen LogP contribution in [0.1, 0.15) is 33.6 Å². The van der Waals surface area contributed by atoms with E-state index in [4.69, 9.17) is 0 Å². The summed E-state index contributed by atoms with van der Waals surface area (Å²) in [5.41, 5.74) is 2.14. The third kappa shape index (κ3) is 3.56. The molecule has 3 amide bonds. The number of H-pyrrole nitrogens is 1. The van der Waals surface area contributed by atoms with Gasteiger partial charge in [0.25, 0.3) is 11.8 Å². The van der Waals surface area contributed by atoms with Crippen LogP contribution in [-0.4, -0.2) is 45.3 Å². The number of amides is 3. The number of benzene rings is 2. The second-order valence-corrected chi connectivity index (χ2v) is 6.86. The number of imide groups is 1. The number of fused-ring (bicyclic) bond motifs is 2. The van der Waals surface area contributed by atoms with Gasteiger partial charge < -0.3 is 10.3 Å². The minimum absolute atomic E-state index is 0.186. The van der Waals surface area contributed by atoms with Crippen LogP contribution >= 0.6 is 0 Å². The molecule has 1 aliphatic heterocycles. The highest BCUT2D eigenvalue weighted by molar-refractivity contribution is 6.21. The lowest BCUT2D eigenvalue weighted by atomic mass is 10.1. The summed E-state index contributed by atoms with van der Waals surface area (Å²) in [5.74, 6) is -0.816. The van der Waals surface area contributed by atoms with Crippen molar-refractivity contribution in [1.82, 2.24) is 19.8 Å². The summed E-state index contributed by atoms with van der Waals surface area (Å²) in [5, 5.41) is 2.78. The molecule has 2 heterocycles. The van der Waals surface area contributed by atoms with Crippen molar-refractivity contribution in [3.05, 3.63) is 70.1 Å². The second kappa shape index (κ2) is 7.75. The summed E-state index contributed by atoms with van der Waals surface area (Å²) in [4.78, 5) is 52.6. The van der Waals surface area contributed by atoms with E-state index < -0.39 is 0 Å². The molecule has 0 unspecified atom stereocenters. The zero-order valence-corrected chi connectivity index (χ0v) is 15.7. The van der Waals surface area contributed by atoms with E-state index in [1.165, 1.54) is 4.90 Å². The molecule has 1 aliphatic rings. The minimum Gasteiger partial charge on any atom is -0.354 e. The normalized spacial score (nSPS) is 13.2. The van der Waals surface area contributed by atoms with Crippen LogP contribution in [0.15, 0.2) is 53.3 Å². The van der Waals surface area contributed by atoms with Gasteiger partial charge in [0.1, 0.15) is 0 Å². The summed E-state index contributed by atoms with van der Waals surface area (Å²) in [7, 11) is 0. The molecular weight excluding hydrogens is 372 g/mol. The average Bonchev–Trinajstić information content (AvgIpc) is 3.17. The monoisotopic (exact) mass is 392 g/mol. The number of carbonyl (C=O) groups excluding carboxylic acids is 3. The summed E-state index contributed by atoms with van der Waals surface area (Å²) < 4.78 is 1.58. The number of rotatable bonds is 7. The summed E-state index contributed by atoms with van der Waals surface area (Å²) in [6, 6.07) is 14.1. The predicted octanol–water partition coefficient (Wildman–Crippen LogP) is 1.52. The molecule has 29 heavy (non-hydrogen) atoms. The molecule has 0 saturated carbocycles. The zero-order chi connectivity index (χ0) is 20.4. The largest absolute Gasteiger partial charge is 0.354 e. The van der Waals surface area contributed by atoms with Crippen LogP contribution in [0.5, 0.6) is 0 Å². The van der Waals surface area contributed by atoms with Crippen LogP contribution in [0.3, 0.4) is 0 Å². The predicted molar refractivity (Wildman–Crippen MR) is 107 cm³/mol. The first-order valence-corrected chi connectivity index (χ1v) is 9.46. The quantitative estimate of drug-likeness (QED) is 0.595. The Morgan fingerprint density at radius 2 is 1.55 bits per heavy atom. The number of aromatic amines is 1. The zero-order valence-electron chi connectivity index (χ0n) is 15.7. The van der Waals surface area contributed by atoms with Gasteiger partial charge in [-0.25, -0.2) is 4.79 Å². The smallest absolute Gasteiger partial charge is 0.326 e. The number of para-hydroxylation sites is 2. The van der Waals surface area contributed by atoms with Gasteiger partial charge in [-0.3, -0.25) is 23.9 Å². The molecule has 3 aromatic rings. The Morgan fingerprint density at radius 1 is 0.897 bits per heavy atom. The van der Waals surface area contributed by atoms with Crippen LogP contribution in [0, 0.1) is 0 Å². The van der Waals surface area contributed by atoms with Crippen molar-refractivity contribution in [2.75, 3.05) is 13.1 Å². The first-order valence-electron chi connectivity index (χ1n) is 9.46. The lowest BCUT2D eigenvalue weighted by Crippen LogP contribution is -2.33. The van der Waals surface area contributed by atoms with Gasteiger partial charge in [-0.05, 0) is 30.7 Å². The van der Waals surface area contributed by atoms with E-state index >= 15 is 0 Å². The Kier molecular flexibility index (Phi) is 4.99. The topological polar surface area (TPSA) is 104 Å². The number of carbonyl (C=O) groups is 3. The van der Waals surface area contributed by atoms with Crippen LogP contribution in [-0.2, 0) is 11.3 Å². The van der Waals surface area contributed by atoms with Crippen molar-refractivity contribution >= 4 is 28.8 Å². The highest BCUT2D eigenvalue weighted by Gasteiger charge is 2.34. The van der Waals surface area contributed by atoms with Gasteiger partial charge in [0.2, 0.25) is 5.91 Å². The van der Waals surface area contributed by atoms with E-state index in [0.29, 0.717) is 30.6 Å². The highest BCUT2D eigenvalue weighted by Crippen LogP contribution is 2.22. The molecule has 8 heteroatoms. The summed E-state index contributed by atoms with van der Waals surface area (Å²) in [6.07, 6.45) is 0.570. The van der Waals surface area contributed by atoms with E-state index in [9.17, 15) is 19.2 Å². The van der Waals surface area contributed by atoms with Crippen molar-refractivity contribution in [3.8, 4) is 0 Å². The summed E-state index contributed by atoms with van der Waals surface area (Å²) >= 11 is 0. The van der Waals surface area contributed by atoms with E-state index in [2.05, 4.69) is 10.3 Å². The first kappa shape index (κ1) is 18.7. The van der Waals surface area contributed by atoms with Gasteiger partial charge in [-0.1, -0.05) is 24.3 Å². The molecule has 0 radical (unpaired) electrons. The molecule has 148 valence electrons. The van der Waals surface area contributed by atoms with Crippen LogP contribution in [0.4, 0.5) is 0 Å². The molecule has 0 aliphatic carbocycles. The molecule has 0 fully saturated rings. The Labute approximate surface area is 166 Å². The highest BCUT2D eigenvalue weighted by atomic mass is 16.2. The maximum absolute atomic E-state index is 12.3. The van der Waals surface area contributed by atoms with Gasteiger partial charge in [0, 0.05) is 26.1 Å². The fourth-order valence-electron chi connectivity index (χ4n) is 3.56. The molecule has 8 nitrogen and oxygen atoms in total. The fourth-order valence-corrected chi connectivity index (χ4v) is 3.56. The molecule has 0 atom stereocenters. The van der Waals surface area contributed by atoms with Crippen LogP contribution < -0.4 is 11.0 Å². The minimum atomic E-state index is -0.315. The Balaban J connectivity index is 1.25. The molecule has 0 bridgehead atoms. The van der Waals surface area contributed by atoms with Crippen LogP contribution in [0.25, 0.3) is 11.0 Å². The Bertz CT molecular complexity index is 1130. The SMILES string of the molecule is O=C(CCCN1C(=O)c2ccccc2C1=O)NCCn1c(=O)[nH]c2ccccc21. The summed E-state index contributed by atoms with van der Waals surface area (Å²) in [6.45, 7) is 0.863. The molecule has 4 rings (SSSR count). The fraction of sp³-hybridized carbons (Fsp3) is 0.238. The molecular formula is C21H20N4O4. The first-order chi connectivity index (χ1) is 14.1. The average molecular weight is 392 g/mol. The van der Waals surface area contributed by atoms with Crippen molar-refractivity contribution in [2.45, 2.75) is 19.4 Å². The maximum Gasteiger partial charge on any atom is 0.326 e. The number of aromatic nitrogens is 2. The maximum atomic E-state index is 12.3. The molecule has 1 aromatic heterocycles. The second-order valence-electron chi connectivity index (χ2n) is 6.86. The van der Waals surface area contributed by atoms with E-state index in [1.807, 2.05) is 24.3 Å². The van der Waals surface area contributed by atoms with Crippen molar-refractivity contribution in [3.63, 3.8) is 0 Å². The molecule has 0 saturated heterocycles. The third-order valence-corrected chi connectivity index (χ3v) is 5.00. The van der Waals surface area contributed by atoms with Crippen molar-refractivity contribution < 1.29 is 14.4 Å². The molecule has 2 N–H and O–H groups in total. The Morgan fingerprint density at radius 3 is 2.28 bits per heavy atom. The van der Waals surface area contributed by atoms with Crippen molar-refractivity contribution in [1.29, 1.82) is 0 Å². The number of imidazole rings is 1. The van der Waals surface area contributed by atoms with Gasteiger partial charge in [0.15, 0.2) is 0 Å². The van der Waals surface area contributed by atoms with Crippen molar-refractivity contribution in [2.24, 2.45) is 0 Å². The standard InChI is InChI=1S/C21H20N4O4/c26-18(22-11-13-24-17-9-4-3-8-16(17)23-21(24)29)10-5-12-25-19(27)14-6-1-2-7-15(14)20(25)28/h1-4,6-9H,5,10-13H2,(H,22,26)(H,23,29). The van der Waals surface area contributed by atoms with Gasteiger partial charge in [-0.15, -0.1) is 0 Å².